The van der Waals surface area contributed by atoms with E-state index in [4.69, 9.17) is 17.3 Å². The van der Waals surface area contributed by atoms with E-state index in [9.17, 15) is 0 Å². The number of para-hydroxylation sites is 1. The lowest BCUT2D eigenvalue weighted by molar-refractivity contribution is 0.665. The first-order valence-electron chi connectivity index (χ1n) is 4.91. The number of hydrogen-bond acceptors (Lipinski definition) is 1. The van der Waals surface area contributed by atoms with Crippen molar-refractivity contribution in [2.75, 3.05) is 11.9 Å². The van der Waals surface area contributed by atoms with Gasteiger partial charge in [-0.15, -0.1) is 0 Å². The maximum Gasteiger partial charge on any atom is 0.193 e. The normalized spacial score (nSPS) is 11.9. The molecule has 0 aromatic heterocycles. The van der Waals surface area contributed by atoms with Crippen molar-refractivity contribution in [1.29, 1.82) is 0 Å². The van der Waals surface area contributed by atoms with Crippen LogP contribution in [0.4, 0.5) is 5.69 Å². The van der Waals surface area contributed by atoms with E-state index in [0.29, 0.717) is 23.4 Å². The quantitative estimate of drug-likeness (QED) is 0.614. The maximum absolute atomic E-state index is 5.96. The number of benzene rings is 1. The van der Waals surface area contributed by atoms with Crippen LogP contribution in [0.15, 0.2) is 29.3 Å². The van der Waals surface area contributed by atoms with Gasteiger partial charge in [0, 0.05) is 6.54 Å². The molecule has 0 unspecified atom stereocenters. The number of rotatable bonds is 3. The van der Waals surface area contributed by atoms with Crippen LogP contribution in [-0.2, 0) is 0 Å². The van der Waals surface area contributed by atoms with Gasteiger partial charge in [-0.3, -0.25) is 4.99 Å². The monoisotopic (exact) mass is 225 g/mol. The number of hydrogen-bond donors (Lipinski definition) is 2. The van der Waals surface area contributed by atoms with Gasteiger partial charge in [-0.05, 0) is 18.1 Å². The van der Waals surface area contributed by atoms with Crippen molar-refractivity contribution in [1.82, 2.24) is 0 Å². The first-order valence-corrected chi connectivity index (χ1v) is 5.29. The number of halogens is 1. The molecule has 0 radical (unpaired) electrons. The molecule has 0 saturated heterocycles. The third kappa shape index (κ3) is 4.21. The highest BCUT2D eigenvalue weighted by Crippen LogP contribution is 2.19. The van der Waals surface area contributed by atoms with Crippen LogP contribution in [0.2, 0.25) is 5.02 Å². The third-order valence-electron chi connectivity index (χ3n) is 1.76. The number of nitrogens with one attached hydrogen (secondary N) is 1. The molecule has 0 spiro atoms. The fraction of sp³-hybridized carbons (Fsp3) is 0.364. The Hall–Kier alpha value is -1.22. The predicted octanol–water partition coefficient (Wildman–Crippen LogP) is 2.72. The van der Waals surface area contributed by atoms with Crippen LogP contribution in [0.1, 0.15) is 13.8 Å². The van der Waals surface area contributed by atoms with E-state index < -0.39 is 0 Å². The van der Waals surface area contributed by atoms with Gasteiger partial charge in [0.15, 0.2) is 5.96 Å². The molecule has 0 atom stereocenters. The summed E-state index contributed by atoms with van der Waals surface area (Å²) < 4.78 is 0. The number of aliphatic imine (C=N–C) groups is 1. The fourth-order valence-corrected chi connectivity index (χ4v) is 1.20. The Morgan fingerprint density at radius 2 is 2.13 bits per heavy atom. The van der Waals surface area contributed by atoms with Crippen LogP contribution in [0.5, 0.6) is 0 Å². The van der Waals surface area contributed by atoms with Crippen molar-refractivity contribution in [2.24, 2.45) is 16.6 Å². The Morgan fingerprint density at radius 1 is 1.47 bits per heavy atom. The van der Waals surface area contributed by atoms with Crippen LogP contribution in [0.3, 0.4) is 0 Å². The topological polar surface area (TPSA) is 50.4 Å². The van der Waals surface area contributed by atoms with Crippen molar-refractivity contribution in [2.45, 2.75) is 13.8 Å². The lowest BCUT2D eigenvalue weighted by atomic mass is 10.2. The van der Waals surface area contributed by atoms with E-state index in [0.717, 1.165) is 5.69 Å². The summed E-state index contributed by atoms with van der Waals surface area (Å²) in [5.41, 5.74) is 6.48. The molecule has 0 amide bonds. The Labute approximate surface area is 95.3 Å². The van der Waals surface area contributed by atoms with Gasteiger partial charge in [-0.25, -0.2) is 0 Å². The second-order valence-corrected chi connectivity index (χ2v) is 4.13. The van der Waals surface area contributed by atoms with E-state index in [2.05, 4.69) is 24.2 Å². The molecule has 4 heteroatoms. The van der Waals surface area contributed by atoms with Gasteiger partial charge in [0.25, 0.3) is 0 Å². The van der Waals surface area contributed by atoms with Gasteiger partial charge >= 0.3 is 0 Å². The van der Waals surface area contributed by atoms with E-state index in [1.807, 2.05) is 18.2 Å². The summed E-state index contributed by atoms with van der Waals surface area (Å²) in [5.74, 6) is 0.897. The standard InChI is InChI=1S/C11H16ClN3/c1-8(2)7-14-11(13)15-10-6-4-3-5-9(10)12/h3-6,8H,7H2,1-2H3,(H3,13,14,15). The molecule has 0 aliphatic rings. The molecule has 3 nitrogen and oxygen atoms in total. The molecule has 82 valence electrons. The Bertz CT molecular complexity index is 347. The van der Waals surface area contributed by atoms with E-state index in [-0.39, 0.29) is 0 Å². The molecule has 1 rings (SSSR count). The number of nitrogens with two attached hydrogens (primary N) is 1. The summed E-state index contributed by atoms with van der Waals surface area (Å²) in [6.07, 6.45) is 0. The number of nitrogens with zero attached hydrogens (tertiary/aromatic N) is 1. The summed E-state index contributed by atoms with van der Waals surface area (Å²) in [6.45, 7) is 4.89. The zero-order valence-corrected chi connectivity index (χ0v) is 9.75. The van der Waals surface area contributed by atoms with Crippen LogP contribution < -0.4 is 11.1 Å². The van der Waals surface area contributed by atoms with E-state index in [1.54, 1.807) is 6.07 Å². The van der Waals surface area contributed by atoms with Gasteiger partial charge < -0.3 is 11.1 Å². The molecule has 0 saturated carbocycles. The van der Waals surface area contributed by atoms with Gasteiger partial charge in [0.2, 0.25) is 0 Å². The predicted molar refractivity (Wildman–Crippen MR) is 66.4 cm³/mol. The average molecular weight is 226 g/mol. The highest BCUT2D eigenvalue weighted by Gasteiger charge is 1.99. The zero-order chi connectivity index (χ0) is 11.3. The minimum Gasteiger partial charge on any atom is -0.370 e. The number of anilines is 1. The third-order valence-corrected chi connectivity index (χ3v) is 2.09. The van der Waals surface area contributed by atoms with Crippen LogP contribution in [0, 0.1) is 5.92 Å². The van der Waals surface area contributed by atoms with Crippen molar-refractivity contribution in [3.05, 3.63) is 29.3 Å². The average Bonchev–Trinajstić information content (AvgIpc) is 2.18. The summed E-state index contributed by atoms with van der Waals surface area (Å²) in [6, 6.07) is 7.43. The number of guanidine groups is 1. The summed E-state index contributed by atoms with van der Waals surface area (Å²) >= 11 is 5.96. The molecule has 0 aliphatic carbocycles. The Morgan fingerprint density at radius 3 is 2.73 bits per heavy atom. The molecule has 1 aromatic rings. The SMILES string of the molecule is CC(C)CN=C(N)Nc1ccccc1Cl. The first-order chi connectivity index (χ1) is 7.09. The molecule has 0 aliphatic heterocycles. The fourth-order valence-electron chi connectivity index (χ4n) is 1.02. The lowest BCUT2D eigenvalue weighted by Gasteiger charge is -2.07. The second kappa shape index (κ2) is 5.61. The first kappa shape index (κ1) is 11.9. The highest BCUT2D eigenvalue weighted by molar-refractivity contribution is 6.33. The van der Waals surface area contributed by atoms with Crippen molar-refractivity contribution >= 4 is 23.2 Å². The summed E-state index contributed by atoms with van der Waals surface area (Å²) in [5, 5.41) is 3.60. The smallest absolute Gasteiger partial charge is 0.193 e. The van der Waals surface area contributed by atoms with Crippen LogP contribution in [-0.4, -0.2) is 12.5 Å². The van der Waals surface area contributed by atoms with Gasteiger partial charge in [0.05, 0.1) is 10.7 Å². The second-order valence-electron chi connectivity index (χ2n) is 3.72. The van der Waals surface area contributed by atoms with E-state index in [1.165, 1.54) is 0 Å². The van der Waals surface area contributed by atoms with Gasteiger partial charge in [0.1, 0.15) is 0 Å². The minimum atomic E-state index is 0.400. The van der Waals surface area contributed by atoms with Crippen molar-refractivity contribution in [3.8, 4) is 0 Å². The van der Waals surface area contributed by atoms with Gasteiger partial charge in [-0.1, -0.05) is 37.6 Å². The lowest BCUT2D eigenvalue weighted by Crippen LogP contribution is -2.23. The van der Waals surface area contributed by atoms with Crippen molar-refractivity contribution < 1.29 is 0 Å². The molecule has 0 fully saturated rings. The zero-order valence-electron chi connectivity index (χ0n) is 9.00. The maximum atomic E-state index is 5.96. The van der Waals surface area contributed by atoms with Crippen molar-refractivity contribution in [3.63, 3.8) is 0 Å². The van der Waals surface area contributed by atoms with Gasteiger partial charge in [-0.2, -0.15) is 0 Å². The van der Waals surface area contributed by atoms with E-state index >= 15 is 0 Å². The molecule has 0 heterocycles. The summed E-state index contributed by atoms with van der Waals surface area (Å²) in [7, 11) is 0. The van der Waals surface area contributed by atoms with Crippen LogP contribution >= 0.6 is 11.6 Å². The minimum absolute atomic E-state index is 0.400. The van der Waals surface area contributed by atoms with Crippen LogP contribution in [0.25, 0.3) is 0 Å². The molecule has 1 aromatic carbocycles. The molecule has 3 N–H and O–H groups in total. The summed E-state index contributed by atoms with van der Waals surface area (Å²) in [4.78, 5) is 4.18. The molecule has 15 heavy (non-hydrogen) atoms. The highest BCUT2D eigenvalue weighted by atomic mass is 35.5. The largest absolute Gasteiger partial charge is 0.370 e. The Balaban J connectivity index is 2.62. The Kier molecular flexibility index (Phi) is 4.43. The molecular weight excluding hydrogens is 210 g/mol. The molecular formula is C11H16ClN3. The molecule has 0 bridgehead atoms.